The summed E-state index contributed by atoms with van der Waals surface area (Å²) >= 11 is 0. The summed E-state index contributed by atoms with van der Waals surface area (Å²) in [5.41, 5.74) is 3.99. The van der Waals surface area contributed by atoms with Crippen LogP contribution in [0.15, 0.2) is 78.9 Å². The van der Waals surface area contributed by atoms with Crippen LogP contribution in [0.3, 0.4) is 0 Å². The molecule has 1 atom stereocenters. The number of aromatic carboxylic acids is 1. The maximum Gasteiger partial charge on any atom is 0.352 e. The molecule has 0 spiro atoms. The molecule has 0 aliphatic rings. The van der Waals surface area contributed by atoms with E-state index in [2.05, 4.69) is 24.4 Å². The van der Waals surface area contributed by atoms with Crippen molar-refractivity contribution in [1.29, 1.82) is 0 Å². The second-order valence-electron chi connectivity index (χ2n) is 7.80. The van der Waals surface area contributed by atoms with Crippen LogP contribution in [0.25, 0.3) is 10.9 Å². The number of benzene rings is 3. The van der Waals surface area contributed by atoms with Gasteiger partial charge in [0, 0.05) is 36.1 Å². The van der Waals surface area contributed by atoms with E-state index in [4.69, 9.17) is 0 Å². The van der Waals surface area contributed by atoms with Gasteiger partial charge in [-0.15, -0.1) is 0 Å². The lowest BCUT2D eigenvalue weighted by molar-refractivity contribution is 0.0684. The van der Waals surface area contributed by atoms with Gasteiger partial charge in [0.25, 0.3) is 0 Å². The molecule has 0 radical (unpaired) electrons. The van der Waals surface area contributed by atoms with E-state index in [9.17, 15) is 14.3 Å². The summed E-state index contributed by atoms with van der Waals surface area (Å²) in [6, 6.07) is 24.1. The molecule has 2 N–H and O–H groups in total. The first-order valence-corrected chi connectivity index (χ1v) is 10.4. The zero-order valence-corrected chi connectivity index (χ0v) is 17.4. The SMILES string of the molecule is C[C@@H](CNCc1c(C(=O)O)n(Cc2ccc(F)cc2)c2ccccc12)c1ccccc1. The van der Waals surface area contributed by atoms with E-state index in [0.29, 0.717) is 19.0 Å². The van der Waals surface area contributed by atoms with E-state index < -0.39 is 5.97 Å². The predicted octanol–water partition coefficient (Wildman–Crippen LogP) is 5.42. The van der Waals surface area contributed by atoms with Crippen LogP contribution >= 0.6 is 0 Å². The molecule has 4 aromatic rings. The zero-order chi connectivity index (χ0) is 21.8. The Labute approximate surface area is 181 Å². The van der Waals surface area contributed by atoms with Gasteiger partial charge in [-0.05, 0) is 35.2 Å². The van der Waals surface area contributed by atoms with Crippen LogP contribution in [0.2, 0.25) is 0 Å². The summed E-state index contributed by atoms with van der Waals surface area (Å²) in [4.78, 5) is 12.3. The molecule has 0 amide bonds. The van der Waals surface area contributed by atoms with E-state index >= 15 is 0 Å². The van der Waals surface area contributed by atoms with Crippen LogP contribution in [-0.4, -0.2) is 22.2 Å². The van der Waals surface area contributed by atoms with E-state index in [1.165, 1.54) is 17.7 Å². The molecular formula is C26H25FN2O2. The quantitative estimate of drug-likeness (QED) is 0.403. The number of fused-ring (bicyclic) bond motifs is 1. The van der Waals surface area contributed by atoms with Crippen molar-refractivity contribution in [2.75, 3.05) is 6.54 Å². The largest absolute Gasteiger partial charge is 0.477 e. The summed E-state index contributed by atoms with van der Waals surface area (Å²) in [6.07, 6.45) is 0. The number of aromatic nitrogens is 1. The molecular weight excluding hydrogens is 391 g/mol. The van der Waals surface area contributed by atoms with Crippen molar-refractivity contribution in [3.05, 3.63) is 107 Å². The average Bonchev–Trinajstić information content (AvgIpc) is 3.09. The van der Waals surface area contributed by atoms with Gasteiger partial charge in [0.05, 0.1) is 0 Å². The fourth-order valence-corrected chi connectivity index (χ4v) is 4.05. The number of carboxylic acids is 1. The van der Waals surface area contributed by atoms with Crippen LogP contribution in [0, 0.1) is 5.82 Å². The minimum Gasteiger partial charge on any atom is -0.477 e. The summed E-state index contributed by atoms with van der Waals surface area (Å²) in [5, 5.41) is 14.4. The Morgan fingerprint density at radius 3 is 2.39 bits per heavy atom. The van der Waals surface area contributed by atoms with E-state index in [1.807, 2.05) is 47.0 Å². The van der Waals surface area contributed by atoms with Crippen molar-refractivity contribution >= 4 is 16.9 Å². The molecule has 1 aromatic heterocycles. The number of hydrogen-bond acceptors (Lipinski definition) is 2. The summed E-state index contributed by atoms with van der Waals surface area (Å²) < 4.78 is 15.1. The fourth-order valence-electron chi connectivity index (χ4n) is 4.05. The van der Waals surface area contributed by atoms with Gasteiger partial charge in [0.15, 0.2) is 0 Å². The van der Waals surface area contributed by atoms with Gasteiger partial charge >= 0.3 is 5.97 Å². The maximum absolute atomic E-state index is 13.3. The highest BCUT2D eigenvalue weighted by atomic mass is 19.1. The topological polar surface area (TPSA) is 54.3 Å². The second-order valence-corrected chi connectivity index (χ2v) is 7.80. The van der Waals surface area contributed by atoms with Gasteiger partial charge in [0.1, 0.15) is 11.5 Å². The molecule has 0 saturated carbocycles. The molecule has 0 aliphatic heterocycles. The Kier molecular flexibility index (Phi) is 6.14. The third-order valence-corrected chi connectivity index (χ3v) is 5.65. The second kappa shape index (κ2) is 9.14. The molecule has 4 rings (SSSR count). The average molecular weight is 416 g/mol. The van der Waals surface area contributed by atoms with Crippen LogP contribution in [0.1, 0.15) is 40.0 Å². The number of para-hydroxylation sites is 1. The highest BCUT2D eigenvalue weighted by Crippen LogP contribution is 2.28. The highest BCUT2D eigenvalue weighted by molar-refractivity contribution is 5.98. The molecule has 5 heteroatoms. The third-order valence-electron chi connectivity index (χ3n) is 5.65. The third kappa shape index (κ3) is 4.52. The van der Waals surface area contributed by atoms with E-state index in [1.54, 1.807) is 12.1 Å². The first-order chi connectivity index (χ1) is 15.0. The minimum atomic E-state index is -0.966. The standard InChI is InChI=1S/C26H25FN2O2/c1-18(20-7-3-2-4-8-20)15-28-16-23-22-9-5-6-10-24(22)29(25(23)26(30)31)17-19-11-13-21(27)14-12-19/h2-14,18,28H,15-17H2,1H3,(H,30,31)/t18-/m0/s1. The first kappa shape index (κ1) is 20.8. The molecule has 4 nitrogen and oxygen atoms in total. The van der Waals surface area contributed by atoms with Crippen molar-refractivity contribution < 1.29 is 14.3 Å². The predicted molar refractivity (Wildman–Crippen MR) is 121 cm³/mol. The lowest BCUT2D eigenvalue weighted by atomic mass is 10.0. The minimum absolute atomic E-state index is 0.269. The normalized spacial score (nSPS) is 12.2. The Morgan fingerprint density at radius 2 is 1.68 bits per heavy atom. The Morgan fingerprint density at radius 1 is 1.00 bits per heavy atom. The first-order valence-electron chi connectivity index (χ1n) is 10.4. The van der Waals surface area contributed by atoms with Crippen molar-refractivity contribution in [1.82, 2.24) is 9.88 Å². The molecule has 0 bridgehead atoms. The van der Waals surface area contributed by atoms with Crippen molar-refractivity contribution in [2.24, 2.45) is 0 Å². The van der Waals surface area contributed by atoms with Crippen LogP contribution < -0.4 is 5.32 Å². The molecule has 3 aromatic carbocycles. The number of halogens is 1. The molecule has 31 heavy (non-hydrogen) atoms. The number of nitrogens with one attached hydrogen (secondary N) is 1. The van der Waals surface area contributed by atoms with Crippen molar-refractivity contribution in [2.45, 2.75) is 25.9 Å². The van der Waals surface area contributed by atoms with Crippen LogP contribution in [0.4, 0.5) is 4.39 Å². The summed E-state index contributed by atoms with van der Waals surface area (Å²) in [7, 11) is 0. The van der Waals surface area contributed by atoms with Gasteiger partial charge in [0.2, 0.25) is 0 Å². The van der Waals surface area contributed by atoms with Crippen molar-refractivity contribution in [3.8, 4) is 0 Å². The number of nitrogens with zero attached hydrogens (tertiary/aromatic N) is 1. The van der Waals surface area contributed by atoms with Gasteiger partial charge in [-0.1, -0.05) is 67.6 Å². The molecule has 0 saturated heterocycles. The molecule has 158 valence electrons. The molecule has 0 fully saturated rings. The summed E-state index contributed by atoms with van der Waals surface area (Å²) in [5.74, 6) is -0.967. The monoisotopic (exact) mass is 416 g/mol. The molecule has 0 aliphatic carbocycles. The van der Waals surface area contributed by atoms with Gasteiger partial charge in [-0.3, -0.25) is 0 Å². The van der Waals surface area contributed by atoms with Gasteiger partial charge in [-0.2, -0.15) is 0 Å². The summed E-state index contributed by atoms with van der Waals surface area (Å²) in [6.45, 7) is 3.71. The lowest BCUT2D eigenvalue weighted by Gasteiger charge is -2.14. The number of carboxylic acid groups (broad SMARTS) is 1. The number of carbonyl (C=O) groups is 1. The number of hydrogen-bond donors (Lipinski definition) is 2. The van der Waals surface area contributed by atoms with E-state index in [-0.39, 0.29) is 11.5 Å². The van der Waals surface area contributed by atoms with Gasteiger partial charge in [-0.25, -0.2) is 9.18 Å². The molecule has 1 heterocycles. The lowest BCUT2D eigenvalue weighted by Crippen LogP contribution is -2.21. The van der Waals surface area contributed by atoms with Crippen LogP contribution in [0.5, 0.6) is 0 Å². The fraction of sp³-hybridized carbons (Fsp3) is 0.192. The Hall–Kier alpha value is -3.44. The van der Waals surface area contributed by atoms with Crippen LogP contribution in [-0.2, 0) is 13.1 Å². The van der Waals surface area contributed by atoms with Gasteiger partial charge < -0.3 is 15.0 Å². The van der Waals surface area contributed by atoms with E-state index in [0.717, 1.165) is 28.6 Å². The Balaban J connectivity index is 1.64. The zero-order valence-electron chi connectivity index (χ0n) is 17.4. The van der Waals surface area contributed by atoms with Crippen molar-refractivity contribution in [3.63, 3.8) is 0 Å². The Bertz CT molecular complexity index is 1180. The number of rotatable bonds is 8. The maximum atomic E-state index is 13.3. The smallest absolute Gasteiger partial charge is 0.352 e. The highest BCUT2D eigenvalue weighted by Gasteiger charge is 2.22. The molecule has 0 unspecified atom stereocenters.